The molecule has 0 radical (unpaired) electrons. The third-order valence-electron chi connectivity index (χ3n) is 3.87. The van der Waals surface area contributed by atoms with Crippen molar-refractivity contribution in [2.45, 2.75) is 0 Å². The predicted molar refractivity (Wildman–Crippen MR) is 112 cm³/mol. The van der Waals surface area contributed by atoms with Crippen molar-refractivity contribution >= 4 is 58.1 Å². The lowest BCUT2D eigenvalue weighted by Gasteiger charge is -2.12. The van der Waals surface area contributed by atoms with Gasteiger partial charge in [-0.1, -0.05) is 12.1 Å². The van der Waals surface area contributed by atoms with Gasteiger partial charge in [-0.25, -0.2) is 0 Å². The van der Waals surface area contributed by atoms with Gasteiger partial charge in [0.2, 0.25) is 28.4 Å². The molecular formula is C18H11Cl2N9O. The number of halogens is 2. The van der Waals surface area contributed by atoms with Crippen molar-refractivity contribution < 1.29 is 4.74 Å². The molecule has 0 atom stereocenters. The van der Waals surface area contributed by atoms with Gasteiger partial charge in [-0.3, -0.25) is 0 Å². The van der Waals surface area contributed by atoms with Crippen molar-refractivity contribution in [3.05, 3.63) is 59.1 Å². The standard InChI is InChI=1S/C18H11Cl2N9O/c19-13-24-15-21-9-3-1-4-10(7-9)22-17-26-14(20)27-18(29-17)30-12-6-2-5-11(8-12)23-16(25-13)28-15/h1-8H,(H,22,26,27,29)(H2,21,23,24,25,28). The Balaban J connectivity index is 1.63. The maximum atomic E-state index is 6.07. The molecule has 2 aromatic carbocycles. The molecule has 0 amide bonds. The molecule has 0 saturated heterocycles. The van der Waals surface area contributed by atoms with Crippen LogP contribution in [0.1, 0.15) is 0 Å². The van der Waals surface area contributed by atoms with Crippen LogP contribution >= 0.6 is 23.2 Å². The summed E-state index contributed by atoms with van der Waals surface area (Å²) in [6, 6.07) is 14.5. The summed E-state index contributed by atoms with van der Waals surface area (Å²) in [5, 5.41) is 9.28. The third kappa shape index (κ3) is 4.14. The second-order valence-electron chi connectivity index (χ2n) is 6.05. The molecule has 1 aliphatic rings. The van der Waals surface area contributed by atoms with Crippen LogP contribution in [0.5, 0.6) is 11.8 Å². The minimum absolute atomic E-state index is 0.00519. The zero-order chi connectivity index (χ0) is 20.5. The summed E-state index contributed by atoms with van der Waals surface area (Å²) < 4.78 is 5.76. The number of hydrogen-bond donors (Lipinski definition) is 3. The number of ether oxygens (including phenoxy) is 1. The molecule has 0 aliphatic carbocycles. The number of nitrogens with one attached hydrogen (secondary N) is 3. The zero-order valence-electron chi connectivity index (χ0n) is 15.0. The summed E-state index contributed by atoms with van der Waals surface area (Å²) in [6.45, 7) is 0. The van der Waals surface area contributed by atoms with E-state index in [1.807, 2.05) is 30.3 Å². The molecule has 0 unspecified atom stereocenters. The van der Waals surface area contributed by atoms with E-state index in [0.717, 1.165) is 0 Å². The van der Waals surface area contributed by atoms with E-state index < -0.39 is 0 Å². The van der Waals surface area contributed by atoms with E-state index in [2.05, 4.69) is 45.9 Å². The zero-order valence-corrected chi connectivity index (χ0v) is 16.5. The summed E-state index contributed by atoms with van der Waals surface area (Å²) in [5.41, 5.74) is 2.06. The van der Waals surface area contributed by atoms with Crippen molar-refractivity contribution in [3.8, 4) is 11.8 Å². The fourth-order valence-corrected chi connectivity index (χ4v) is 3.01. The average Bonchev–Trinajstić information content (AvgIpc) is 2.67. The first kappa shape index (κ1) is 18.3. The number of aromatic nitrogens is 6. The molecular weight excluding hydrogens is 429 g/mol. The highest BCUT2D eigenvalue weighted by Gasteiger charge is 2.11. The van der Waals surface area contributed by atoms with Crippen LogP contribution in [0.25, 0.3) is 0 Å². The van der Waals surface area contributed by atoms with Gasteiger partial charge in [-0.2, -0.15) is 29.9 Å². The first-order chi connectivity index (χ1) is 14.6. The van der Waals surface area contributed by atoms with E-state index >= 15 is 0 Å². The van der Waals surface area contributed by atoms with Crippen molar-refractivity contribution in [2.75, 3.05) is 16.0 Å². The van der Waals surface area contributed by atoms with E-state index in [1.54, 1.807) is 18.2 Å². The number of benzene rings is 2. The van der Waals surface area contributed by atoms with Gasteiger partial charge in [0.15, 0.2) is 0 Å². The van der Waals surface area contributed by atoms with Gasteiger partial charge in [0.1, 0.15) is 5.75 Å². The lowest BCUT2D eigenvalue weighted by Crippen LogP contribution is -2.05. The van der Waals surface area contributed by atoms with Crippen molar-refractivity contribution in [1.29, 1.82) is 0 Å². The molecule has 3 N–H and O–H groups in total. The smallest absolute Gasteiger partial charge is 0.328 e. The third-order valence-corrected chi connectivity index (χ3v) is 4.21. The molecule has 0 spiro atoms. The topological polar surface area (TPSA) is 123 Å². The van der Waals surface area contributed by atoms with Crippen molar-refractivity contribution in [3.63, 3.8) is 0 Å². The molecule has 3 heterocycles. The fourth-order valence-electron chi connectivity index (χ4n) is 2.70. The minimum Gasteiger partial charge on any atom is -0.424 e. The molecule has 0 saturated carbocycles. The maximum absolute atomic E-state index is 6.07. The van der Waals surface area contributed by atoms with Crippen molar-refractivity contribution in [1.82, 2.24) is 29.9 Å². The lowest BCUT2D eigenvalue weighted by molar-refractivity contribution is 0.441. The molecule has 148 valence electrons. The van der Waals surface area contributed by atoms with Crippen LogP contribution in [-0.4, -0.2) is 29.9 Å². The molecule has 30 heavy (non-hydrogen) atoms. The minimum atomic E-state index is -0.00519. The van der Waals surface area contributed by atoms with Crippen LogP contribution in [0.2, 0.25) is 10.6 Å². The van der Waals surface area contributed by atoms with E-state index in [4.69, 9.17) is 27.9 Å². The molecule has 0 fully saturated rings. The van der Waals surface area contributed by atoms with Gasteiger partial charge < -0.3 is 20.7 Å². The Morgan fingerprint density at radius 3 is 1.80 bits per heavy atom. The molecule has 5 rings (SSSR count). The average molecular weight is 440 g/mol. The Bertz CT molecular complexity index is 1080. The van der Waals surface area contributed by atoms with Crippen LogP contribution in [0.3, 0.4) is 0 Å². The second-order valence-corrected chi connectivity index (χ2v) is 6.72. The monoisotopic (exact) mass is 439 g/mol. The summed E-state index contributed by atoms with van der Waals surface area (Å²) in [6.07, 6.45) is 0. The van der Waals surface area contributed by atoms with Gasteiger partial charge in [-0.15, -0.1) is 0 Å². The van der Waals surface area contributed by atoms with E-state index in [-0.39, 0.29) is 34.4 Å². The molecule has 2 aromatic heterocycles. The molecule has 10 nitrogen and oxygen atoms in total. The number of hydrogen-bond acceptors (Lipinski definition) is 10. The summed E-state index contributed by atoms with van der Waals surface area (Å²) >= 11 is 12.1. The van der Waals surface area contributed by atoms with Gasteiger partial charge in [-0.05, 0) is 53.5 Å². The molecule has 8 bridgehead atoms. The van der Waals surface area contributed by atoms with E-state index in [9.17, 15) is 0 Å². The fraction of sp³-hybridized carbons (Fsp3) is 0. The van der Waals surface area contributed by atoms with Crippen LogP contribution in [-0.2, 0) is 0 Å². The van der Waals surface area contributed by atoms with Crippen LogP contribution in [0.4, 0.5) is 34.9 Å². The highest BCUT2D eigenvalue weighted by molar-refractivity contribution is 6.28. The second kappa shape index (κ2) is 7.58. The summed E-state index contributed by atoms with van der Waals surface area (Å²) in [4.78, 5) is 25.0. The SMILES string of the molecule is Clc1nc2nc(n1)Nc1cccc(c1)Oc1nc(Cl)nc(n1)Nc1cccc(c1)N2. The Morgan fingerprint density at radius 2 is 1.13 bits per heavy atom. The van der Waals surface area contributed by atoms with Gasteiger partial charge in [0.05, 0.1) is 0 Å². The highest BCUT2D eigenvalue weighted by atomic mass is 35.5. The lowest BCUT2D eigenvalue weighted by atomic mass is 10.3. The Labute approximate surface area is 179 Å². The number of rotatable bonds is 0. The van der Waals surface area contributed by atoms with E-state index in [1.165, 1.54) is 0 Å². The predicted octanol–water partition coefficient (Wildman–Crippen LogP) is 4.70. The van der Waals surface area contributed by atoms with Gasteiger partial charge in [0.25, 0.3) is 0 Å². The Morgan fingerprint density at radius 1 is 0.600 bits per heavy atom. The largest absolute Gasteiger partial charge is 0.424 e. The molecule has 12 heteroatoms. The van der Waals surface area contributed by atoms with Crippen molar-refractivity contribution in [2.24, 2.45) is 0 Å². The normalized spacial score (nSPS) is 12.1. The Hall–Kier alpha value is -3.76. The van der Waals surface area contributed by atoms with Gasteiger partial charge in [0, 0.05) is 23.1 Å². The Kier molecular flexibility index (Phi) is 4.62. The first-order valence-electron chi connectivity index (χ1n) is 8.61. The van der Waals surface area contributed by atoms with E-state index in [0.29, 0.717) is 22.8 Å². The first-order valence-corrected chi connectivity index (χ1v) is 9.37. The number of anilines is 6. The van der Waals surface area contributed by atoms with Gasteiger partial charge >= 0.3 is 6.01 Å². The summed E-state index contributed by atoms with van der Waals surface area (Å²) in [5.74, 6) is 1.25. The number of fused-ring (bicyclic) bond motifs is 8. The number of nitrogens with zero attached hydrogens (tertiary/aromatic N) is 6. The molecule has 4 aromatic rings. The van der Waals surface area contributed by atoms with Crippen LogP contribution in [0.15, 0.2) is 48.5 Å². The van der Waals surface area contributed by atoms with Crippen LogP contribution in [0, 0.1) is 0 Å². The van der Waals surface area contributed by atoms with Crippen LogP contribution < -0.4 is 20.7 Å². The maximum Gasteiger partial charge on any atom is 0.328 e. The highest BCUT2D eigenvalue weighted by Crippen LogP contribution is 2.27. The summed E-state index contributed by atoms with van der Waals surface area (Å²) in [7, 11) is 0. The quantitative estimate of drug-likeness (QED) is 0.312. The molecule has 1 aliphatic heterocycles.